The highest BCUT2D eigenvalue weighted by Gasteiger charge is 2.34. The molecule has 1 aliphatic carbocycles. The van der Waals surface area contributed by atoms with Crippen molar-refractivity contribution in [2.75, 3.05) is 0 Å². The van der Waals surface area contributed by atoms with Gasteiger partial charge >= 0.3 is 0 Å². The van der Waals surface area contributed by atoms with Crippen LogP contribution in [0.4, 0.5) is 0 Å². The van der Waals surface area contributed by atoms with Gasteiger partial charge in [0, 0.05) is 11.3 Å². The van der Waals surface area contributed by atoms with E-state index in [0.717, 1.165) is 28.8 Å². The molecule has 4 N–H and O–H groups in total. The fourth-order valence-electron chi connectivity index (χ4n) is 4.16. The van der Waals surface area contributed by atoms with Crippen LogP contribution in [-0.4, -0.2) is 21.4 Å². The van der Waals surface area contributed by atoms with Gasteiger partial charge in [0.15, 0.2) is 0 Å². The Kier molecular flexibility index (Phi) is 4.74. The number of primary amides is 2. The molecular weight excluding hydrogens is 388 g/mol. The third-order valence-corrected chi connectivity index (χ3v) is 6.82. The minimum Gasteiger partial charge on any atom is -0.370 e. The van der Waals surface area contributed by atoms with Crippen LogP contribution in [0.1, 0.15) is 52.3 Å². The number of hydrogen-bond donors (Lipinski definition) is 2. The first kappa shape index (κ1) is 19.3. The normalized spacial score (nSPS) is 18.6. The van der Waals surface area contributed by atoms with Crippen molar-refractivity contribution in [2.45, 2.75) is 39.0 Å². The van der Waals surface area contributed by atoms with Crippen LogP contribution in [0.25, 0.3) is 15.9 Å². The van der Waals surface area contributed by atoms with E-state index in [4.69, 9.17) is 11.5 Å². The largest absolute Gasteiger partial charge is 0.370 e. The average molecular weight is 410 g/mol. The zero-order valence-electron chi connectivity index (χ0n) is 16.3. The van der Waals surface area contributed by atoms with E-state index in [1.807, 2.05) is 19.1 Å². The summed E-state index contributed by atoms with van der Waals surface area (Å²) in [7, 11) is 0. The third kappa shape index (κ3) is 3.23. The molecule has 2 unspecified atom stereocenters. The highest BCUT2D eigenvalue weighted by atomic mass is 32.1. The van der Waals surface area contributed by atoms with Gasteiger partial charge in [0.05, 0.1) is 11.1 Å². The van der Waals surface area contributed by atoms with Gasteiger partial charge in [-0.05, 0) is 49.3 Å². The summed E-state index contributed by atoms with van der Waals surface area (Å²) in [4.78, 5) is 43.4. The minimum absolute atomic E-state index is 0.0931. The molecule has 1 aromatic carbocycles. The molecule has 0 fully saturated rings. The summed E-state index contributed by atoms with van der Waals surface area (Å²) in [5.41, 5.74) is 13.1. The molecule has 0 radical (unpaired) electrons. The molecule has 0 aliphatic heterocycles. The Morgan fingerprint density at radius 2 is 1.93 bits per heavy atom. The lowest BCUT2D eigenvalue weighted by Crippen LogP contribution is -2.31. The molecule has 2 atom stereocenters. The van der Waals surface area contributed by atoms with Gasteiger partial charge < -0.3 is 11.5 Å². The fourth-order valence-corrected chi connectivity index (χ4v) is 5.41. The van der Waals surface area contributed by atoms with Gasteiger partial charge in [-0.1, -0.05) is 24.6 Å². The number of nitrogens with zero attached hydrogens (tertiary/aromatic N) is 2. The number of benzene rings is 1. The molecule has 29 heavy (non-hydrogen) atoms. The van der Waals surface area contributed by atoms with Gasteiger partial charge in [-0.15, -0.1) is 11.3 Å². The van der Waals surface area contributed by atoms with Gasteiger partial charge in [0.1, 0.15) is 4.83 Å². The maximum absolute atomic E-state index is 13.6. The van der Waals surface area contributed by atoms with Crippen molar-refractivity contribution in [3.63, 3.8) is 0 Å². The number of aromatic nitrogens is 2. The van der Waals surface area contributed by atoms with E-state index in [2.05, 4.69) is 11.9 Å². The van der Waals surface area contributed by atoms with E-state index in [0.29, 0.717) is 15.9 Å². The Morgan fingerprint density at radius 3 is 2.55 bits per heavy atom. The number of carbonyl (C=O) groups is 2. The van der Waals surface area contributed by atoms with Crippen molar-refractivity contribution < 1.29 is 9.59 Å². The lowest BCUT2D eigenvalue weighted by atomic mass is 9.76. The summed E-state index contributed by atoms with van der Waals surface area (Å²) < 4.78 is 1.28. The molecule has 0 saturated heterocycles. The van der Waals surface area contributed by atoms with Gasteiger partial charge in [0.2, 0.25) is 11.7 Å². The predicted molar refractivity (Wildman–Crippen MR) is 113 cm³/mol. The Bertz CT molecular complexity index is 1190. The summed E-state index contributed by atoms with van der Waals surface area (Å²) in [5, 5.41) is 0.466. The second-order valence-electron chi connectivity index (χ2n) is 7.69. The molecule has 0 spiro atoms. The van der Waals surface area contributed by atoms with Crippen molar-refractivity contribution in [3.8, 4) is 5.69 Å². The molecule has 7 nitrogen and oxygen atoms in total. The second kappa shape index (κ2) is 7.11. The molecule has 3 aromatic rings. The van der Waals surface area contributed by atoms with Crippen LogP contribution >= 0.6 is 11.3 Å². The second-order valence-corrected chi connectivity index (χ2v) is 8.77. The summed E-state index contributed by atoms with van der Waals surface area (Å²) in [6.45, 7) is 4.01. The summed E-state index contributed by atoms with van der Waals surface area (Å²) in [6, 6.07) is 7.24. The predicted octanol–water partition coefficient (Wildman–Crippen LogP) is 2.40. The van der Waals surface area contributed by atoms with E-state index in [1.165, 1.54) is 15.9 Å². The van der Waals surface area contributed by atoms with Crippen LogP contribution in [0.15, 0.2) is 29.1 Å². The number of thiophene rings is 1. The van der Waals surface area contributed by atoms with Crippen molar-refractivity contribution in [3.05, 3.63) is 56.4 Å². The lowest BCUT2D eigenvalue weighted by molar-refractivity contribution is -0.118. The minimum atomic E-state index is -0.766. The Labute approximate surface area is 171 Å². The van der Waals surface area contributed by atoms with Crippen molar-refractivity contribution >= 4 is 33.4 Å². The Balaban J connectivity index is 2.05. The number of carbonyl (C=O) groups excluding carboxylic acids is 2. The molecule has 150 valence electrons. The molecule has 8 heteroatoms. The van der Waals surface area contributed by atoms with E-state index in [9.17, 15) is 14.4 Å². The molecule has 2 heterocycles. The van der Waals surface area contributed by atoms with Gasteiger partial charge in [-0.25, -0.2) is 4.98 Å². The molecule has 2 amide bonds. The summed E-state index contributed by atoms with van der Waals surface area (Å²) >= 11 is 1.40. The lowest BCUT2D eigenvalue weighted by Gasteiger charge is -2.28. The third-order valence-electron chi connectivity index (χ3n) is 5.66. The van der Waals surface area contributed by atoms with Crippen LogP contribution in [0, 0.1) is 12.8 Å². The standard InChI is InChI=1S/C21H22N4O3S/c1-10-3-6-12(7-4-10)25-19(18(23)27)24-20-17(21(25)28)16-13(9-15(22)26)11(2)5-8-14(16)29-20/h3-4,6-7,11,13H,5,8-9H2,1-2H3,(H2,22,26)(H2,23,27). The molecule has 0 saturated carbocycles. The maximum atomic E-state index is 13.6. The van der Waals surface area contributed by atoms with Gasteiger partial charge in [-0.3, -0.25) is 19.0 Å². The van der Waals surface area contributed by atoms with Gasteiger partial charge in [-0.2, -0.15) is 0 Å². The van der Waals surface area contributed by atoms with E-state index >= 15 is 0 Å². The monoisotopic (exact) mass is 410 g/mol. The number of amides is 2. The Morgan fingerprint density at radius 1 is 1.24 bits per heavy atom. The first-order valence-electron chi connectivity index (χ1n) is 9.51. The zero-order valence-corrected chi connectivity index (χ0v) is 17.1. The van der Waals surface area contributed by atoms with Crippen LogP contribution < -0.4 is 17.0 Å². The van der Waals surface area contributed by atoms with E-state index in [-0.39, 0.29) is 29.6 Å². The van der Waals surface area contributed by atoms with Crippen LogP contribution in [0.2, 0.25) is 0 Å². The number of hydrogen-bond acceptors (Lipinski definition) is 5. The summed E-state index contributed by atoms with van der Waals surface area (Å²) in [5.74, 6) is -1.17. The number of fused-ring (bicyclic) bond motifs is 3. The van der Waals surface area contributed by atoms with Crippen LogP contribution in [-0.2, 0) is 11.2 Å². The number of rotatable bonds is 4. The summed E-state index contributed by atoms with van der Waals surface area (Å²) in [6.07, 6.45) is 1.90. The maximum Gasteiger partial charge on any atom is 0.285 e. The molecule has 4 rings (SSSR count). The highest BCUT2D eigenvalue weighted by molar-refractivity contribution is 7.18. The molecule has 1 aliphatic rings. The van der Waals surface area contributed by atoms with E-state index in [1.54, 1.807) is 12.1 Å². The van der Waals surface area contributed by atoms with Crippen molar-refractivity contribution in [1.29, 1.82) is 0 Å². The SMILES string of the molecule is Cc1ccc(-n2c(C(N)=O)nc3sc4c(c3c2=O)C(CC(N)=O)C(C)CC4)cc1. The highest BCUT2D eigenvalue weighted by Crippen LogP contribution is 2.44. The average Bonchev–Trinajstić information content (AvgIpc) is 3.04. The molecule has 2 aromatic heterocycles. The topological polar surface area (TPSA) is 121 Å². The van der Waals surface area contributed by atoms with Crippen molar-refractivity contribution in [1.82, 2.24) is 9.55 Å². The fraction of sp³-hybridized carbons (Fsp3) is 0.333. The first-order valence-corrected chi connectivity index (χ1v) is 10.3. The van der Waals surface area contributed by atoms with E-state index < -0.39 is 11.8 Å². The quantitative estimate of drug-likeness (QED) is 0.686. The number of aryl methyl sites for hydroxylation is 2. The van der Waals surface area contributed by atoms with Gasteiger partial charge in [0.25, 0.3) is 11.5 Å². The van der Waals surface area contributed by atoms with Crippen LogP contribution in [0.3, 0.4) is 0 Å². The first-order chi connectivity index (χ1) is 13.8. The Hall–Kier alpha value is -3.00. The number of nitrogens with two attached hydrogens (primary N) is 2. The zero-order chi connectivity index (χ0) is 20.9. The molecule has 0 bridgehead atoms. The molecular formula is C21H22N4O3S. The van der Waals surface area contributed by atoms with Crippen molar-refractivity contribution in [2.24, 2.45) is 17.4 Å². The smallest absolute Gasteiger partial charge is 0.285 e. The van der Waals surface area contributed by atoms with Crippen LogP contribution in [0.5, 0.6) is 0 Å².